The molecule has 0 unspecified atom stereocenters. The van der Waals surface area contributed by atoms with Gasteiger partial charge in [-0.25, -0.2) is 4.39 Å². The average molecular weight is 382 g/mol. The highest BCUT2D eigenvalue weighted by atomic mass is 19.1. The van der Waals surface area contributed by atoms with Crippen molar-refractivity contribution in [3.63, 3.8) is 0 Å². The lowest BCUT2D eigenvalue weighted by Crippen LogP contribution is -2.35. The minimum absolute atomic E-state index is 0.0334. The Bertz CT molecular complexity index is 829. The molecule has 0 spiro atoms. The molecule has 2 aromatic rings. The zero-order chi connectivity index (χ0) is 19.9. The van der Waals surface area contributed by atoms with Gasteiger partial charge in [-0.2, -0.15) is 0 Å². The molecule has 4 nitrogen and oxygen atoms in total. The summed E-state index contributed by atoms with van der Waals surface area (Å²) in [6.07, 6.45) is 3.61. The second kappa shape index (κ2) is 9.49. The van der Waals surface area contributed by atoms with Crippen molar-refractivity contribution < 1.29 is 14.0 Å². The molecule has 0 aromatic heterocycles. The predicted molar refractivity (Wildman–Crippen MR) is 108 cm³/mol. The van der Waals surface area contributed by atoms with E-state index in [-0.39, 0.29) is 36.0 Å². The molecule has 1 aliphatic rings. The van der Waals surface area contributed by atoms with E-state index in [1.807, 2.05) is 24.3 Å². The van der Waals surface area contributed by atoms with Gasteiger partial charge in [0.25, 0.3) is 0 Å². The van der Waals surface area contributed by atoms with E-state index in [1.165, 1.54) is 6.07 Å². The van der Waals surface area contributed by atoms with Gasteiger partial charge in [0.2, 0.25) is 11.8 Å². The summed E-state index contributed by atoms with van der Waals surface area (Å²) in [5, 5.41) is 5.88. The topological polar surface area (TPSA) is 58.2 Å². The first-order chi connectivity index (χ1) is 13.6. The van der Waals surface area contributed by atoms with E-state index in [4.69, 9.17) is 0 Å². The Kier molecular flexibility index (Phi) is 6.80. The minimum atomic E-state index is -0.310. The third kappa shape index (κ3) is 4.97. The van der Waals surface area contributed by atoms with Crippen LogP contribution < -0.4 is 10.6 Å². The SMILES string of the molecule is CCc1ccccc1NC(=O)C1CCC(C(=O)NCc2ccccc2F)CC1. The highest BCUT2D eigenvalue weighted by molar-refractivity contribution is 5.93. The number of halogens is 1. The van der Waals surface area contributed by atoms with Crippen LogP contribution >= 0.6 is 0 Å². The molecule has 2 aromatic carbocycles. The van der Waals surface area contributed by atoms with Crippen molar-refractivity contribution in [2.75, 3.05) is 5.32 Å². The molecule has 1 saturated carbocycles. The first-order valence-electron chi connectivity index (χ1n) is 9.98. The van der Waals surface area contributed by atoms with Crippen LogP contribution in [0.2, 0.25) is 0 Å². The molecule has 28 heavy (non-hydrogen) atoms. The van der Waals surface area contributed by atoms with Gasteiger partial charge in [0.1, 0.15) is 5.82 Å². The van der Waals surface area contributed by atoms with E-state index < -0.39 is 0 Å². The van der Waals surface area contributed by atoms with Crippen LogP contribution in [0.4, 0.5) is 10.1 Å². The van der Waals surface area contributed by atoms with Gasteiger partial charge in [-0.3, -0.25) is 9.59 Å². The summed E-state index contributed by atoms with van der Waals surface area (Å²) in [6, 6.07) is 14.3. The van der Waals surface area contributed by atoms with Crippen LogP contribution in [0.25, 0.3) is 0 Å². The largest absolute Gasteiger partial charge is 0.352 e. The maximum absolute atomic E-state index is 13.7. The van der Waals surface area contributed by atoms with Crippen molar-refractivity contribution in [2.45, 2.75) is 45.6 Å². The number of carbonyl (C=O) groups excluding carboxylic acids is 2. The molecule has 3 rings (SSSR count). The van der Waals surface area contributed by atoms with E-state index in [0.717, 1.165) is 17.7 Å². The summed E-state index contributed by atoms with van der Waals surface area (Å²) >= 11 is 0. The molecular formula is C23H27FN2O2. The second-order valence-corrected chi connectivity index (χ2v) is 7.36. The molecular weight excluding hydrogens is 355 g/mol. The standard InChI is InChI=1S/C23H27FN2O2/c1-2-16-7-4-6-10-21(16)26-23(28)18-13-11-17(12-14-18)22(27)25-15-19-8-3-5-9-20(19)24/h3-10,17-18H,2,11-15H2,1H3,(H,25,27)(H,26,28). The van der Waals surface area contributed by atoms with E-state index in [1.54, 1.807) is 18.2 Å². The monoisotopic (exact) mass is 382 g/mol. The molecule has 1 fully saturated rings. The maximum Gasteiger partial charge on any atom is 0.227 e. The summed E-state index contributed by atoms with van der Waals surface area (Å²) in [4.78, 5) is 25.0. The van der Waals surface area contributed by atoms with Gasteiger partial charge < -0.3 is 10.6 Å². The van der Waals surface area contributed by atoms with E-state index >= 15 is 0 Å². The van der Waals surface area contributed by atoms with Crippen molar-refractivity contribution in [3.05, 3.63) is 65.5 Å². The summed E-state index contributed by atoms with van der Waals surface area (Å²) in [6.45, 7) is 2.26. The lowest BCUT2D eigenvalue weighted by atomic mass is 9.81. The summed E-state index contributed by atoms with van der Waals surface area (Å²) in [5.41, 5.74) is 2.48. The van der Waals surface area contributed by atoms with Crippen molar-refractivity contribution in [3.8, 4) is 0 Å². The van der Waals surface area contributed by atoms with Gasteiger partial charge in [0, 0.05) is 29.6 Å². The molecule has 0 saturated heterocycles. The van der Waals surface area contributed by atoms with Gasteiger partial charge in [0.05, 0.1) is 0 Å². The number of nitrogens with one attached hydrogen (secondary N) is 2. The van der Waals surface area contributed by atoms with Crippen molar-refractivity contribution in [1.82, 2.24) is 5.32 Å². The van der Waals surface area contributed by atoms with Gasteiger partial charge >= 0.3 is 0 Å². The van der Waals surface area contributed by atoms with Crippen LogP contribution in [0.1, 0.15) is 43.7 Å². The molecule has 1 aliphatic carbocycles. The number of anilines is 1. The van der Waals surface area contributed by atoms with Crippen molar-refractivity contribution in [1.29, 1.82) is 0 Å². The number of hydrogen-bond donors (Lipinski definition) is 2. The Hall–Kier alpha value is -2.69. The maximum atomic E-state index is 13.7. The summed E-state index contributed by atoms with van der Waals surface area (Å²) in [7, 11) is 0. The van der Waals surface area contributed by atoms with Crippen molar-refractivity contribution >= 4 is 17.5 Å². The van der Waals surface area contributed by atoms with Crippen molar-refractivity contribution in [2.24, 2.45) is 11.8 Å². The first-order valence-corrected chi connectivity index (χ1v) is 9.98. The quantitative estimate of drug-likeness (QED) is 0.775. The van der Waals surface area contributed by atoms with E-state index in [9.17, 15) is 14.0 Å². The predicted octanol–water partition coefficient (Wildman–Crippen LogP) is 4.45. The number of carbonyl (C=O) groups is 2. The Labute approximate surface area is 165 Å². The van der Waals surface area contributed by atoms with Crippen LogP contribution in [0, 0.1) is 17.7 Å². The highest BCUT2D eigenvalue weighted by Gasteiger charge is 2.30. The van der Waals surface area contributed by atoms with Crippen LogP contribution in [0.15, 0.2) is 48.5 Å². The van der Waals surface area contributed by atoms with Crippen LogP contribution in [-0.4, -0.2) is 11.8 Å². The normalized spacial score (nSPS) is 19.1. The van der Waals surface area contributed by atoms with Gasteiger partial charge in [-0.05, 0) is 49.8 Å². The molecule has 2 N–H and O–H groups in total. The molecule has 0 aliphatic heterocycles. The van der Waals surface area contributed by atoms with Gasteiger partial charge in [-0.15, -0.1) is 0 Å². The molecule has 0 heterocycles. The minimum Gasteiger partial charge on any atom is -0.352 e. The molecule has 2 amide bonds. The van der Waals surface area contributed by atoms with Gasteiger partial charge in [-0.1, -0.05) is 43.3 Å². The summed E-state index contributed by atoms with van der Waals surface area (Å²) in [5.74, 6) is -0.514. The number of rotatable bonds is 6. The summed E-state index contributed by atoms with van der Waals surface area (Å²) < 4.78 is 13.7. The Morgan fingerprint density at radius 1 is 0.893 bits per heavy atom. The fourth-order valence-electron chi connectivity index (χ4n) is 3.77. The number of amides is 2. The molecule has 5 heteroatoms. The number of aryl methyl sites for hydroxylation is 1. The molecule has 0 bridgehead atoms. The fourth-order valence-corrected chi connectivity index (χ4v) is 3.77. The first kappa shape index (κ1) is 20.1. The lowest BCUT2D eigenvalue weighted by Gasteiger charge is -2.27. The lowest BCUT2D eigenvalue weighted by molar-refractivity contribution is -0.128. The van der Waals surface area contributed by atoms with Crippen LogP contribution in [0.5, 0.6) is 0 Å². The van der Waals surface area contributed by atoms with Gasteiger partial charge in [0.15, 0.2) is 0 Å². The number of benzene rings is 2. The van der Waals surface area contributed by atoms with E-state index in [0.29, 0.717) is 31.2 Å². The second-order valence-electron chi connectivity index (χ2n) is 7.36. The molecule has 148 valence electrons. The molecule has 0 atom stereocenters. The average Bonchev–Trinajstić information content (AvgIpc) is 2.73. The van der Waals surface area contributed by atoms with Crippen LogP contribution in [0.3, 0.4) is 0 Å². The van der Waals surface area contributed by atoms with Crippen LogP contribution in [-0.2, 0) is 22.6 Å². The Morgan fingerprint density at radius 2 is 1.46 bits per heavy atom. The zero-order valence-electron chi connectivity index (χ0n) is 16.2. The zero-order valence-corrected chi connectivity index (χ0v) is 16.2. The number of para-hydroxylation sites is 1. The third-order valence-corrected chi connectivity index (χ3v) is 5.54. The Balaban J connectivity index is 1.47. The number of hydrogen-bond acceptors (Lipinski definition) is 2. The smallest absolute Gasteiger partial charge is 0.227 e. The molecule has 0 radical (unpaired) electrons. The fraction of sp³-hybridized carbons (Fsp3) is 0.391. The highest BCUT2D eigenvalue weighted by Crippen LogP contribution is 2.30. The van der Waals surface area contributed by atoms with E-state index in [2.05, 4.69) is 17.6 Å². The Morgan fingerprint density at radius 3 is 2.11 bits per heavy atom. The third-order valence-electron chi connectivity index (χ3n) is 5.54.